The first kappa shape index (κ1) is 17.2. The number of sulfonamides is 1. The van der Waals surface area contributed by atoms with Gasteiger partial charge in [-0.15, -0.1) is 0 Å². The van der Waals surface area contributed by atoms with Gasteiger partial charge < -0.3 is 4.98 Å². The number of hydrogen-bond donors (Lipinski definition) is 2. The molecule has 0 aromatic carbocycles. The maximum absolute atomic E-state index is 11.9. The molecule has 6 heteroatoms. The number of aryl methyl sites for hydroxylation is 1. The summed E-state index contributed by atoms with van der Waals surface area (Å²) in [5, 5.41) is 0.148. The molecule has 0 amide bonds. The largest absolute Gasteiger partial charge is 0.332 e. The Labute approximate surface area is 122 Å². The fraction of sp³-hybridized carbons (Fsp3) is 0.786. The lowest BCUT2D eigenvalue weighted by Crippen LogP contribution is -2.25. The minimum Gasteiger partial charge on any atom is -0.332 e. The van der Waals surface area contributed by atoms with Crippen molar-refractivity contribution in [1.29, 1.82) is 0 Å². The van der Waals surface area contributed by atoms with Crippen molar-refractivity contribution in [2.75, 3.05) is 6.54 Å². The quantitative estimate of drug-likeness (QED) is 0.617. The van der Waals surface area contributed by atoms with Crippen LogP contribution in [-0.2, 0) is 10.0 Å². The molecule has 5 nitrogen and oxygen atoms in total. The fourth-order valence-electron chi connectivity index (χ4n) is 2.08. The molecule has 0 saturated heterocycles. The Morgan fingerprint density at radius 1 is 1.10 bits per heavy atom. The molecule has 0 aliphatic rings. The molecule has 0 radical (unpaired) electrons. The summed E-state index contributed by atoms with van der Waals surface area (Å²) in [6.45, 7) is 4.44. The number of imidazole rings is 1. The molecule has 1 rings (SSSR count). The average Bonchev–Trinajstić information content (AvgIpc) is 2.84. The first-order valence-electron chi connectivity index (χ1n) is 7.57. The molecule has 0 aliphatic carbocycles. The molecule has 0 spiro atoms. The molecule has 0 atom stereocenters. The summed E-state index contributed by atoms with van der Waals surface area (Å²) in [5.41, 5.74) is 0. The smallest absolute Gasteiger partial charge is 0.257 e. The summed E-state index contributed by atoms with van der Waals surface area (Å²) in [6.07, 6.45) is 11.0. The van der Waals surface area contributed by atoms with Crippen LogP contribution in [0.15, 0.2) is 11.2 Å². The van der Waals surface area contributed by atoms with Gasteiger partial charge >= 0.3 is 0 Å². The predicted octanol–water partition coefficient (Wildman–Crippen LogP) is 3.14. The zero-order valence-electron chi connectivity index (χ0n) is 12.6. The van der Waals surface area contributed by atoms with Gasteiger partial charge in [0.25, 0.3) is 10.0 Å². The average molecular weight is 301 g/mol. The number of nitrogens with zero attached hydrogens (tertiary/aromatic N) is 1. The van der Waals surface area contributed by atoms with Gasteiger partial charge in [0.15, 0.2) is 5.03 Å². The molecular formula is C14H27N3O2S. The van der Waals surface area contributed by atoms with Crippen molar-refractivity contribution in [3.05, 3.63) is 12.0 Å². The van der Waals surface area contributed by atoms with E-state index in [-0.39, 0.29) is 5.03 Å². The molecule has 1 aromatic heterocycles. The first-order chi connectivity index (χ1) is 9.56. The van der Waals surface area contributed by atoms with E-state index in [1.165, 1.54) is 44.7 Å². The van der Waals surface area contributed by atoms with Crippen molar-refractivity contribution in [3.63, 3.8) is 0 Å². The van der Waals surface area contributed by atoms with Crippen LogP contribution in [0, 0.1) is 6.92 Å². The summed E-state index contributed by atoms with van der Waals surface area (Å²) in [6, 6.07) is 0. The number of unbranched alkanes of at least 4 members (excludes halogenated alkanes) is 7. The zero-order chi connectivity index (χ0) is 14.8. The van der Waals surface area contributed by atoms with E-state index >= 15 is 0 Å². The molecule has 1 heterocycles. The summed E-state index contributed by atoms with van der Waals surface area (Å²) in [4.78, 5) is 6.64. The Hall–Kier alpha value is -0.880. The highest BCUT2D eigenvalue weighted by atomic mass is 32.2. The van der Waals surface area contributed by atoms with Gasteiger partial charge in [-0.2, -0.15) is 0 Å². The van der Waals surface area contributed by atoms with E-state index in [1.54, 1.807) is 6.92 Å². The number of aromatic amines is 1. The van der Waals surface area contributed by atoms with Crippen molar-refractivity contribution in [3.8, 4) is 0 Å². The van der Waals surface area contributed by atoms with E-state index in [9.17, 15) is 8.42 Å². The van der Waals surface area contributed by atoms with Gasteiger partial charge in [-0.05, 0) is 13.3 Å². The summed E-state index contributed by atoms with van der Waals surface area (Å²) < 4.78 is 26.3. The Kier molecular flexibility index (Phi) is 7.84. The normalized spacial score (nSPS) is 11.9. The first-order valence-corrected chi connectivity index (χ1v) is 9.06. The molecule has 0 saturated carbocycles. The van der Waals surface area contributed by atoms with Crippen molar-refractivity contribution in [1.82, 2.24) is 14.7 Å². The summed E-state index contributed by atoms with van der Waals surface area (Å²) >= 11 is 0. The lowest BCUT2D eigenvalue weighted by Gasteiger charge is -2.04. The molecule has 0 fully saturated rings. The topological polar surface area (TPSA) is 74.8 Å². The fourth-order valence-corrected chi connectivity index (χ4v) is 3.12. The van der Waals surface area contributed by atoms with Crippen LogP contribution in [-0.4, -0.2) is 24.9 Å². The lowest BCUT2D eigenvalue weighted by molar-refractivity contribution is 0.557. The second-order valence-corrected chi connectivity index (χ2v) is 6.94. The highest BCUT2D eigenvalue weighted by Gasteiger charge is 2.15. The monoisotopic (exact) mass is 301 g/mol. The molecule has 20 heavy (non-hydrogen) atoms. The van der Waals surface area contributed by atoms with E-state index in [1.807, 2.05) is 0 Å². The highest BCUT2D eigenvalue weighted by Crippen LogP contribution is 2.09. The van der Waals surface area contributed by atoms with Crippen molar-refractivity contribution >= 4 is 10.0 Å². The van der Waals surface area contributed by atoms with E-state index in [4.69, 9.17) is 0 Å². The van der Waals surface area contributed by atoms with Gasteiger partial charge in [0, 0.05) is 6.54 Å². The molecule has 0 bridgehead atoms. The number of rotatable bonds is 11. The van der Waals surface area contributed by atoms with Crippen LogP contribution in [0.4, 0.5) is 0 Å². The maximum atomic E-state index is 11.9. The second-order valence-electron chi connectivity index (χ2n) is 5.21. The third kappa shape index (κ3) is 6.52. The predicted molar refractivity (Wildman–Crippen MR) is 81.1 cm³/mol. The Balaban J connectivity index is 2.09. The Morgan fingerprint density at radius 2 is 1.70 bits per heavy atom. The van der Waals surface area contributed by atoms with Crippen LogP contribution in [0.5, 0.6) is 0 Å². The molecule has 116 valence electrons. The minimum atomic E-state index is -3.41. The third-order valence-electron chi connectivity index (χ3n) is 3.29. The molecular weight excluding hydrogens is 274 g/mol. The summed E-state index contributed by atoms with van der Waals surface area (Å²) in [7, 11) is -3.41. The van der Waals surface area contributed by atoms with Crippen LogP contribution in [0.25, 0.3) is 0 Å². The molecule has 1 aromatic rings. The standard InChI is InChI=1S/C14H27N3O2S/c1-3-4-5-6-7-8-9-10-11-16-20(18,19)14-12-15-13(2)17-14/h12,16H,3-11H2,1-2H3,(H,15,17). The number of aromatic nitrogens is 2. The van der Waals surface area contributed by atoms with E-state index < -0.39 is 10.0 Å². The molecule has 2 N–H and O–H groups in total. The van der Waals surface area contributed by atoms with Crippen LogP contribution in [0.3, 0.4) is 0 Å². The van der Waals surface area contributed by atoms with Crippen molar-refractivity contribution in [2.24, 2.45) is 0 Å². The van der Waals surface area contributed by atoms with Crippen LogP contribution >= 0.6 is 0 Å². The highest BCUT2D eigenvalue weighted by molar-refractivity contribution is 7.89. The van der Waals surface area contributed by atoms with Gasteiger partial charge in [-0.3, -0.25) is 0 Å². The number of hydrogen-bond acceptors (Lipinski definition) is 3. The maximum Gasteiger partial charge on any atom is 0.257 e. The van der Waals surface area contributed by atoms with Gasteiger partial charge in [0.1, 0.15) is 5.82 Å². The SMILES string of the molecule is CCCCCCCCCCNS(=O)(=O)c1cnc(C)[nH]1. The zero-order valence-corrected chi connectivity index (χ0v) is 13.4. The van der Waals surface area contributed by atoms with E-state index in [0.717, 1.165) is 12.8 Å². The van der Waals surface area contributed by atoms with Gasteiger partial charge in [0.05, 0.1) is 6.20 Å². The van der Waals surface area contributed by atoms with E-state index in [2.05, 4.69) is 21.6 Å². The van der Waals surface area contributed by atoms with Crippen LogP contribution < -0.4 is 4.72 Å². The van der Waals surface area contributed by atoms with Gasteiger partial charge in [-0.25, -0.2) is 18.1 Å². The van der Waals surface area contributed by atoms with Crippen LogP contribution in [0.2, 0.25) is 0 Å². The minimum absolute atomic E-state index is 0.148. The van der Waals surface area contributed by atoms with Gasteiger partial charge in [0.2, 0.25) is 0 Å². The van der Waals surface area contributed by atoms with Crippen molar-refractivity contribution < 1.29 is 8.42 Å². The summed E-state index contributed by atoms with van der Waals surface area (Å²) in [5.74, 6) is 0.609. The van der Waals surface area contributed by atoms with E-state index in [0.29, 0.717) is 12.4 Å². The number of nitrogens with one attached hydrogen (secondary N) is 2. The molecule has 0 aliphatic heterocycles. The lowest BCUT2D eigenvalue weighted by atomic mass is 10.1. The van der Waals surface area contributed by atoms with Gasteiger partial charge in [-0.1, -0.05) is 51.9 Å². The Bertz CT molecular complexity index is 469. The third-order valence-corrected chi connectivity index (χ3v) is 4.66. The Morgan fingerprint density at radius 3 is 2.25 bits per heavy atom. The number of H-pyrrole nitrogens is 1. The second kappa shape index (κ2) is 9.13. The van der Waals surface area contributed by atoms with Crippen molar-refractivity contribution in [2.45, 2.75) is 70.2 Å². The molecule has 0 unspecified atom stereocenters. The van der Waals surface area contributed by atoms with Crippen LogP contribution in [0.1, 0.15) is 64.1 Å².